The van der Waals surface area contributed by atoms with Gasteiger partial charge < -0.3 is 4.52 Å². The zero-order chi connectivity index (χ0) is 12.6. The first-order valence-corrected chi connectivity index (χ1v) is 8.82. The molecule has 0 saturated carbocycles. The van der Waals surface area contributed by atoms with Crippen LogP contribution in [0.25, 0.3) is 0 Å². The predicted molar refractivity (Wildman–Crippen MR) is 73.9 cm³/mol. The Morgan fingerprint density at radius 2 is 2.06 bits per heavy atom. The first-order valence-electron chi connectivity index (χ1n) is 5.03. The van der Waals surface area contributed by atoms with Gasteiger partial charge in [0.1, 0.15) is 6.23 Å². The van der Waals surface area contributed by atoms with Crippen molar-refractivity contribution in [3.05, 3.63) is 0 Å². The molecule has 0 N–H and O–H groups in total. The highest BCUT2D eigenvalue weighted by Crippen LogP contribution is 2.47. The molecule has 3 nitrogen and oxygen atoms in total. The molecule has 0 aromatic carbocycles. The van der Waals surface area contributed by atoms with Crippen molar-refractivity contribution in [2.45, 2.75) is 46.4 Å². The lowest BCUT2D eigenvalue weighted by Gasteiger charge is -2.47. The fraction of sp³-hybridized carbons (Fsp3) is 1.00. The Morgan fingerprint density at radius 1 is 1.50 bits per heavy atom. The average molecular weight is 303 g/mol. The summed E-state index contributed by atoms with van der Waals surface area (Å²) in [6, 6.07) is 0. The molecule has 1 aliphatic heterocycles. The summed E-state index contributed by atoms with van der Waals surface area (Å²) in [6.07, 6.45) is -0.118. The first-order chi connectivity index (χ1) is 7.18. The monoisotopic (exact) mass is 302 g/mol. The fourth-order valence-electron chi connectivity index (χ4n) is 1.40. The molecule has 0 amide bonds. The van der Waals surface area contributed by atoms with E-state index in [0.29, 0.717) is 6.61 Å². The highest BCUT2D eigenvalue weighted by atomic mass is 35.7. The van der Waals surface area contributed by atoms with Crippen LogP contribution in [0.3, 0.4) is 0 Å². The molecule has 0 aromatic rings. The lowest BCUT2D eigenvalue weighted by molar-refractivity contribution is -0.0824. The summed E-state index contributed by atoms with van der Waals surface area (Å²) in [7, 11) is 4.75. The molecule has 1 saturated heterocycles. The quantitative estimate of drug-likeness (QED) is 0.565. The molecule has 1 rings (SSSR count). The van der Waals surface area contributed by atoms with Gasteiger partial charge in [0.15, 0.2) is 0 Å². The average Bonchev–Trinajstić information content (AvgIpc) is 2.10. The molecule has 2 atom stereocenters. The minimum atomic E-state index is -1.21. The standard InChI is InChI=1S/C9H18ClNO2PS2/c1-8(2,3)11(16-10)7-9(4,5)6-12-14(15)13-7/h7H,6H2,1-5H3. The van der Waals surface area contributed by atoms with Gasteiger partial charge >= 0.3 is 0 Å². The van der Waals surface area contributed by atoms with Crippen LogP contribution in [-0.2, 0) is 20.9 Å². The molecular weight excluding hydrogens is 285 g/mol. The summed E-state index contributed by atoms with van der Waals surface area (Å²) in [4.78, 5) is 0. The summed E-state index contributed by atoms with van der Waals surface area (Å²) < 4.78 is 13.2. The van der Waals surface area contributed by atoms with Crippen LogP contribution in [0.4, 0.5) is 0 Å². The Balaban J connectivity index is 2.93. The van der Waals surface area contributed by atoms with Crippen LogP contribution in [0.15, 0.2) is 0 Å². The Labute approximate surface area is 112 Å². The largest absolute Gasteiger partial charge is 0.304 e. The van der Waals surface area contributed by atoms with E-state index in [9.17, 15) is 0 Å². The molecule has 16 heavy (non-hydrogen) atoms. The highest BCUT2D eigenvalue weighted by molar-refractivity contribution is 8.19. The second-order valence-corrected chi connectivity index (χ2v) is 8.27. The second kappa shape index (κ2) is 5.35. The van der Waals surface area contributed by atoms with Gasteiger partial charge in [0.2, 0.25) is 7.15 Å². The van der Waals surface area contributed by atoms with Crippen molar-refractivity contribution >= 4 is 40.8 Å². The lowest BCUT2D eigenvalue weighted by Crippen LogP contribution is -2.53. The van der Waals surface area contributed by atoms with Gasteiger partial charge in [0, 0.05) is 22.1 Å². The van der Waals surface area contributed by atoms with Gasteiger partial charge in [0.05, 0.1) is 6.61 Å². The van der Waals surface area contributed by atoms with Crippen molar-refractivity contribution in [3.63, 3.8) is 0 Å². The summed E-state index contributed by atoms with van der Waals surface area (Å²) in [5, 5.41) is 0. The molecule has 2 unspecified atom stereocenters. The van der Waals surface area contributed by atoms with E-state index in [-0.39, 0.29) is 17.2 Å². The lowest BCUT2D eigenvalue weighted by atomic mass is 9.91. The maximum atomic E-state index is 5.96. The molecule has 1 radical (unpaired) electrons. The molecule has 0 aliphatic carbocycles. The Morgan fingerprint density at radius 3 is 2.50 bits per heavy atom. The van der Waals surface area contributed by atoms with Crippen LogP contribution >= 0.6 is 29.0 Å². The zero-order valence-corrected chi connectivity index (χ0v) is 13.5. The molecule has 1 heterocycles. The van der Waals surface area contributed by atoms with Gasteiger partial charge in [-0.25, -0.2) is 4.31 Å². The number of rotatable bonds is 2. The first kappa shape index (κ1) is 15.1. The third kappa shape index (κ3) is 3.52. The maximum Gasteiger partial charge on any atom is 0.203 e. The number of halogens is 1. The van der Waals surface area contributed by atoms with Crippen LogP contribution in [0.2, 0.25) is 0 Å². The van der Waals surface area contributed by atoms with E-state index >= 15 is 0 Å². The predicted octanol–water partition coefficient (Wildman–Crippen LogP) is 4.06. The fourth-order valence-corrected chi connectivity index (χ4v) is 4.35. The summed E-state index contributed by atoms with van der Waals surface area (Å²) >= 11 is 6.28. The van der Waals surface area contributed by atoms with E-state index in [1.807, 2.05) is 4.31 Å². The van der Waals surface area contributed by atoms with Crippen molar-refractivity contribution in [2.75, 3.05) is 6.61 Å². The summed E-state index contributed by atoms with van der Waals surface area (Å²) in [5.41, 5.74) is -0.204. The Bertz CT molecular complexity index is 283. The SMILES string of the molecule is CC1(C)CO[P](=S)OC1N(SCl)C(C)(C)C. The zero-order valence-electron chi connectivity index (χ0n) is 10.2. The molecule has 0 bridgehead atoms. The highest BCUT2D eigenvalue weighted by Gasteiger charge is 2.44. The third-order valence-corrected chi connectivity index (χ3v) is 4.97. The van der Waals surface area contributed by atoms with E-state index in [0.717, 1.165) is 0 Å². The van der Waals surface area contributed by atoms with Gasteiger partial charge in [-0.2, -0.15) is 0 Å². The molecule has 1 aliphatic rings. The molecule has 0 spiro atoms. The van der Waals surface area contributed by atoms with Crippen LogP contribution in [0, 0.1) is 5.41 Å². The third-order valence-electron chi connectivity index (χ3n) is 2.34. The Kier molecular flexibility index (Phi) is 5.05. The van der Waals surface area contributed by atoms with Gasteiger partial charge in [-0.1, -0.05) is 13.8 Å². The topological polar surface area (TPSA) is 21.7 Å². The van der Waals surface area contributed by atoms with Gasteiger partial charge in [0.25, 0.3) is 0 Å². The van der Waals surface area contributed by atoms with E-state index in [1.165, 1.54) is 11.2 Å². The van der Waals surface area contributed by atoms with Gasteiger partial charge in [-0.3, -0.25) is 4.52 Å². The second-order valence-electron chi connectivity index (χ2n) is 5.51. The van der Waals surface area contributed by atoms with Crippen LogP contribution in [-0.4, -0.2) is 22.7 Å². The van der Waals surface area contributed by atoms with Gasteiger partial charge in [-0.05, 0) is 43.3 Å². The molecule has 1 fully saturated rings. The summed E-state index contributed by atoms with van der Waals surface area (Å²) in [6.45, 7) is 11.1. The number of hydrogen-bond acceptors (Lipinski definition) is 5. The van der Waals surface area contributed by atoms with Crippen molar-refractivity contribution in [3.8, 4) is 0 Å². The summed E-state index contributed by atoms with van der Waals surface area (Å²) in [5.74, 6) is 0. The normalized spacial score (nSPS) is 28.4. The number of nitrogens with zero attached hydrogens (tertiary/aromatic N) is 1. The molecule has 0 aromatic heterocycles. The Hall–Kier alpha value is 1.04. The van der Waals surface area contributed by atoms with E-state index < -0.39 is 7.15 Å². The van der Waals surface area contributed by atoms with Crippen molar-refractivity contribution < 1.29 is 9.05 Å². The van der Waals surface area contributed by atoms with Crippen molar-refractivity contribution in [2.24, 2.45) is 5.41 Å². The minimum absolute atomic E-state index is 0.0861. The van der Waals surface area contributed by atoms with Crippen molar-refractivity contribution in [1.82, 2.24) is 4.31 Å². The van der Waals surface area contributed by atoms with Gasteiger partial charge in [-0.15, -0.1) is 0 Å². The molecule has 95 valence electrons. The maximum absolute atomic E-state index is 5.96. The van der Waals surface area contributed by atoms with E-state index in [2.05, 4.69) is 34.6 Å². The van der Waals surface area contributed by atoms with Crippen molar-refractivity contribution in [1.29, 1.82) is 0 Å². The number of hydrogen-bond donors (Lipinski definition) is 0. The van der Waals surface area contributed by atoms with Crippen LogP contribution in [0.1, 0.15) is 34.6 Å². The molecular formula is C9H18ClNO2PS2. The molecule has 7 heteroatoms. The van der Waals surface area contributed by atoms with Crippen LogP contribution in [0.5, 0.6) is 0 Å². The van der Waals surface area contributed by atoms with E-state index in [4.69, 9.17) is 31.5 Å². The minimum Gasteiger partial charge on any atom is -0.304 e. The smallest absolute Gasteiger partial charge is 0.203 e. The van der Waals surface area contributed by atoms with Crippen LogP contribution < -0.4 is 0 Å². The van der Waals surface area contributed by atoms with E-state index in [1.54, 1.807) is 0 Å².